The van der Waals surface area contributed by atoms with Crippen LogP contribution in [-0.4, -0.2) is 56.1 Å². The van der Waals surface area contributed by atoms with E-state index < -0.39 is 6.09 Å². The minimum atomic E-state index is -1.02. The first-order valence-corrected chi connectivity index (χ1v) is 7.89. The number of carbonyl (C=O) groups excluding carboxylic acids is 1. The van der Waals surface area contributed by atoms with Gasteiger partial charge < -0.3 is 15.3 Å². The van der Waals surface area contributed by atoms with Crippen LogP contribution in [0.1, 0.15) is 29.6 Å². The summed E-state index contributed by atoms with van der Waals surface area (Å²) in [5.74, 6) is -0.0844. The standard InChI is InChI=1S/C16H19N5O3/c22-15(20-10-3-4-12(7-11-20)19-16(23)24)13-5-1-2-6-14(13)21-17-8-9-18-21/h1-2,5-6,8-9,12,19H,3-4,7,10-11H2,(H,23,24). The number of likely N-dealkylation sites (tertiary alicyclic amines) is 1. The maximum Gasteiger partial charge on any atom is 0.404 e. The Labute approximate surface area is 139 Å². The highest BCUT2D eigenvalue weighted by Crippen LogP contribution is 2.18. The van der Waals surface area contributed by atoms with Crippen LogP contribution in [0.15, 0.2) is 36.7 Å². The van der Waals surface area contributed by atoms with E-state index in [1.807, 2.05) is 12.1 Å². The molecule has 0 spiro atoms. The largest absolute Gasteiger partial charge is 0.465 e. The molecule has 8 nitrogen and oxygen atoms in total. The van der Waals surface area contributed by atoms with Gasteiger partial charge >= 0.3 is 6.09 Å². The summed E-state index contributed by atoms with van der Waals surface area (Å²) in [7, 11) is 0. The van der Waals surface area contributed by atoms with Gasteiger partial charge in [-0.3, -0.25) is 4.79 Å². The summed E-state index contributed by atoms with van der Waals surface area (Å²) in [5.41, 5.74) is 1.18. The molecule has 1 unspecified atom stereocenters. The Kier molecular flexibility index (Phi) is 4.74. The highest BCUT2D eigenvalue weighted by molar-refractivity contribution is 5.97. The lowest BCUT2D eigenvalue weighted by molar-refractivity contribution is 0.0760. The number of hydrogen-bond donors (Lipinski definition) is 2. The molecule has 2 aromatic rings. The molecule has 0 radical (unpaired) electrons. The van der Waals surface area contributed by atoms with E-state index in [9.17, 15) is 9.59 Å². The molecule has 1 fully saturated rings. The zero-order valence-electron chi connectivity index (χ0n) is 13.1. The fraction of sp³-hybridized carbons (Fsp3) is 0.375. The summed E-state index contributed by atoms with van der Waals surface area (Å²) in [6.07, 6.45) is 4.22. The van der Waals surface area contributed by atoms with Crippen LogP contribution in [0.2, 0.25) is 0 Å². The molecule has 126 valence electrons. The second-order valence-electron chi connectivity index (χ2n) is 5.71. The Hall–Kier alpha value is -2.90. The lowest BCUT2D eigenvalue weighted by Crippen LogP contribution is -2.36. The Bertz CT molecular complexity index is 716. The number of amides is 2. The van der Waals surface area contributed by atoms with E-state index >= 15 is 0 Å². The van der Waals surface area contributed by atoms with Crippen molar-refractivity contribution in [2.24, 2.45) is 0 Å². The van der Waals surface area contributed by atoms with Crippen LogP contribution < -0.4 is 5.32 Å². The number of para-hydroxylation sites is 1. The monoisotopic (exact) mass is 329 g/mol. The smallest absolute Gasteiger partial charge is 0.404 e. The first-order chi connectivity index (χ1) is 11.6. The van der Waals surface area contributed by atoms with Crippen molar-refractivity contribution in [2.45, 2.75) is 25.3 Å². The van der Waals surface area contributed by atoms with E-state index in [-0.39, 0.29) is 11.9 Å². The molecule has 1 atom stereocenters. The van der Waals surface area contributed by atoms with Crippen LogP contribution in [0.5, 0.6) is 0 Å². The first-order valence-electron chi connectivity index (χ1n) is 7.89. The van der Waals surface area contributed by atoms with Crippen molar-refractivity contribution < 1.29 is 14.7 Å². The third kappa shape index (κ3) is 3.53. The fourth-order valence-corrected chi connectivity index (χ4v) is 2.96. The van der Waals surface area contributed by atoms with Gasteiger partial charge in [0.05, 0.1) is 23.6 Å². The van der Waals surface area contributed by atoms with E-state index in [4.69, 9.17) is 5.11 Å². The van der Waals surface area contributed by atoms with Crippen LogP contribution in [0, 0.1) is 0 Å². The molecule has 1 aromatic heterocycles. The summed E-state index contributed by atoms with van der Waals surface area (Å²) < 4.78 is 0. The van der Waals surface area contributed by atoms with Gasteiger partial charge in [0.25, 0.3) is 5.91 Å². The number of aromatic nitrogens is 3. The van der Waals surface area contributed by atoms with Crippen molar-refractivity contribution >= 4 is 12.0 Å². The number of rotatable bonds is 3. The van der Waals surface area contributed by atoms with Gasteiger partial charge in [-0.1, -0.05) is 12.1 Å². The molecule has 8 heteroatoms. The molecule has 3 rings (SSSR count). The molecule has 2 N–H and O–H groups in total. The SMILES string of the molecule is O=C(O)NC1CCCN(C(=O)c2ccccc2-n2nccn2)CC1. The number of nitrogens with zero attached hydrogens (tertiary/aromatic N) is 4. The minimum absolute atomic E-state index is 0.0844. The van der Waals surface area contributed by atoms with Gasteiger partial charge in [-0.2, -0.15) is 15.0 Å². The first kappa shape index (κ1) is 16.0. The van der Waals surface area contributed by atoms with Gasteiger partial charge in [0.15, 0.2) is 0 Å². The summed E-state index contributed by atoms with van der Waals surface area (Å²) in [5, 5.41) is 19.5. The van der Waals surface area contributed by atoms with Crippen molar-refractivity contribution in [1.29, 1.82) is 0 Å². The highest BCUT2D eigenvalue weighted by Gasteiger charge is 2.24. The molecule has 24 heavy (non-hydrogen) atoms. The quantitative estimate of drug-likeness (QED) is 0.889. The van der Waals surface area contributed by atoms with Gasteiger partial charge in [-0.25, -0.2) is 4.79 Å². The van der Waals surface area contributed by atoms with E-state index in [2.05, 4.69) is 15.5 Å². The Balaban J connectivity index is 1.77. The zero-order chi connectivity index (χ0) is 16.9. The van der Waals surface area contributed by atoms with Crippen molar-refractivity contribution in [2.75, 3.05) is 13.1 Å². The minimum Gasteiger partial charge on any atom is -0.465 e. The van der Waals surface area contributed by atoms with Crippen LogP contribution in [0.3, 0.4) is 0 Å². The van der Waals surface area contributed by atoms with Crippen LogP contribution in [0.4, 0.5) is 4.79 Å². The van der Waals surface area contributed by atoms with E-state index in [0.29, 0.717) is 30.8 Å². The molecule has 1 saturated heterocycles. The third-order valence-corrected chi connectivity index (χ3v) is 4.11. The van der Waals surface area contributed by atoms with Crippen LogP contribution in [-0.2, 0) is 0 Å². The molecule has 0 bridgehead atoms. The lowest BCUT2D eigenvalue weighted by atomic mass is 10.1. The Morgan fingerprint density at radius 1 is 1.12 bits per heavy atom. The van der Waals surface area contributed by atoms with Crippen molar-refractivity contribution in [3.05, 3.63) is 42.2 Å². The summed E-state index contributed by atoms with van der Waals surface area (Å²) in [6.45, 7) is 1.13. The van der Waals surface area contributed by atoms with Gasteiger partial charge in [-0.05, 0) is 31.4 Å². The van der Waals surface area contributed by atoms with Gasteiger partial charge in [0, 0.05) is 19.1 Å². The average Bonchev–Trinajstić information content (AvgIpc) is 3.01. The molecule has 1 aliphatic heterocycles. The summed E-state index contributed by atoms with van der Waals surface area (Å²) in [4.78, 5) is 26.9. The van der Waals surface area contributed by atoms with Gasteiger partial charge in [0.2, 0.25) is 0 Å². The predicted octanol–water partition coefficient (Wildman–Crippen LogP) is 1.53. The number of carbonyl (C=O) groups is 2. The number of hydrogen-bond acceptors (Lipinski definition) is 4. The van der Waals surface area contributed by atoms with Gasteiger partial charge in [0.1, 0.15) is 0 Å². The molecule has 2 heterocycles. The normalized spacial score (nSPS) is 18.0. The van der Waals surface area contributed by atoms with Gasteiger partial charge in [-0.15, -0.1) is 0 Å². The van der Waals surface area contributed by atoms with E-state index in [1.54, 1.807) is 29.4 Å². The molecule has 2 amide bonds. The third-order valence-electron chi connectivity index (χ3n) is 4.11. The number of benzene rings is 1. The molecule has 0 aliphatic carbocycles. The molecular formula is C16H19N5O3. The fourth-order valence-electron chi connectivity index (χ4n) is 2.96. The molecule has 1 aromatic carbocycles. The Morgan fingerprint density at radius 3 is 2.62 bits per heavy atom. The predicted molar refractivity (Wildman–Crippen MR) is 86.1 cm³/mol. The lowest BCUT2D eigenvalue weighted by Gasteiger charge is -2.22. The average molecular weight is 329 g/mol. The van der Waals surface area contributed by atoms with Crippen LogP contribution >= 0.6 is 0 Å². The highest BCUT2D eigenvalue weighted by atomic mass is 16.4. The molecule has 0 saturated carbocycles. The molecule has 1 aliphatic rings. The van der Waals surface area contributed by atoms with Crippen molar-refractivity contribution in [3.8, 4) is 5.69 Å². The number of nitrogens with one attached hydrogen (secondary N) is 1. The number of carboxylic acid groups (broad SMARTS) is 1. The van der Waals surface area contributed by atoms with Crippen LogP contribution in [0.25, 0.3) is 5.69 Å². The molecular weight excluding hydrogens is 310 g/mol. The maximum absolute atomic E-state index is 12.9. The van der Waals surface area contributed by atoms with E-state index in [0.717, 1.165) is 12.8 Å². The second-order valence-corrected chi connectivity index (χ2v) is 5.71. The van der Waals surface area contributed by atoms with E-state index in [1.165, 1.54) is 4.80 Å². The maximum atomic E-state index is 12.9. The second kappa shape index (κ2) is 7.12. The summed E-state index contributed by atoms with van der Waals surface area (Å²) >= 11 is 0. The topological polar surface area (TPSA) is 100 Å². The Morgan fingerprint density at radius 2 is 1.88 bits per heavy atom. The zero-order valence-corrected chi connectivity index (χ0v) is 13.1. The van der Waals surface area contributed by atoms with Crippen molar-refractivity contribution in [1.82, 2.24) is 25.2 Å². The van der Waals surface area contributed by atoms with Crippen molar-refractivity contribution in [3.63, 3.8) is 0 Å². The summed E-state index contributed by atoms with van der Waals surface area (Å²) in [6, 6.07) is 7.11.